The Balaban J connectivity index is 1.60. The van der Waals surface area contributed by atoms with E-state index in [2.05, 4.69) is 6.92 Å². The predicted molar refractivity (Wildman–Crippen MR) is 87.6 cm³/mol. The van der Waals surface area contributed by atoms with Crippen LogP contribution in [0.2, 0.25) is 0 Å². The van der Waals surface area contributed by atoms with Crippen molar-refractivity contribution < 1.29 is 24.2 Å². The number of Topliss-reactive ketones (excluding diaryl/α,β-unsaturated/α-hetero) is 3. The Labute approximate surface area is 147 Å². The van der Waals surface area contributed by atoms with Gasteiger partial charge in [-0.05, 0) is 43.4 Å². The molecule has 1 N–H and O–H groups in total. The van der Waals surface area contributed by atoms with Gasteiger partial charge < -0.3 is 9.84 Å². The molecule has 5 rings (SSSR count). The average Bonchev–Trinajstić information content (AvgIpc) is 2.88. The van der Waals surface area contributed by atoms with Crippen molar-refractivity contribution in [3.05, 3.63) is 0 Å². The second-order valence-corrected chi connectivity index (χ2v) is 9.50. The highest BCUT2D eigenvalue weighted by atomic mass is 16.5. The number of aliphatic hydroxyl groups is 1. The largest absolute Gasteiger partial charge is 0.381 e. The van der Waals surface area contributed by atoms with Crippen molar-refractivity contribution in [2.75, 3.05) is 13.2 Å². The lowest BCUT2D eigenvalue weighted by molar-refractivity contribution is -0.241. The van der Waals surface area contributed by atoms with Gasteiger partial charge in [-0.1, -0.05) is 6.92 Å². The van der Waals surface area contributed by atoms with Crippen LogP contribution in [-0.4, -0.2) is 41.3 Å². The maximum atomic E-state index is 13.1. The minimum Gasteiger partial charge on any atom is -0.381 e. The van der Waals surface area contributed by atoms with E-state index in [-0.39, 0.29) is 47.1 Å². The molecular formula is C20H26O5. The molecular weight excluding hydrogens is 320 g/mol. The quantitative estimate of drug-likeness (QED) is 0.722. The van der Waals surface area contributed by atoms with E-state index >= 15 is 0 Å². The van der Waals surface area contributed by atoms with Crippen molar-refractivity contribution >= 4 is 17.3 Å². The average molecular weight is 346 g/mol. The van der Waals surface area contributed by atoms with E-state index in [9.17, 15) is 19.5 Å². The molecule has 5 aliphatic rings. The van der Waals surface area contributed by atoms with Crippen molar-refractivity contribution in [2.45, 2.75) is 57.5 Å². The summed E-state index contributed by atoms with van der Waals surface area (Å²) >= 11 is 0. The summed E-state index contributed by atoms with van der Waals surface area (Å²) in [7, 11) is 0. The van der Waals surface area contributed by atoms with E-state index in [1.165, 1.54) is 0 Å². The molecule has 0 aromatic rings. The van der Waals surface area contributed by atoms with Crippen LogP contribution in [0.4, 0.5) is 0 Å². The van der Waals surface area contributed by atoms with Crippen LogP contribution in [0.3, 0.4) is 0 Å². The molecule has 0 aromatic heterocycles. The maximum Gasteiger partial charge on any atom is 0.165 e. The Morgan fingerprint density at radius 1 is 1.12 bits per heavy atom. The maximum absolute atomic E-state index is 13.1. The van der Waals surface area contributed by atoms with Crippen LogP contribution in [0.25, 0.3) is 0 Å². The minimum atomic E-state index is -1.56. The third-order valence-corrected chi connectivity index (χ3v) is 8.74. The van der Waals surface area contributed by atoms with Crippen LogP contribution < -0.4 is 0 Å². The first-order valence-corrected chi connectivity index (χ1v) is 9.71. The van der Waals surface area contributed by atoms with Crippen molar-refractivity contribution in [1.82, 2.24) is 0 Å². The number of hydrogen-bond donors (Lipinski definition) is 1. The predicted octanol–water partition coefficient (Wildman–Crippen LogP) is 1.70. The molecule has 5 nitrogen and oxygen atoms in total. The number of ether oxygens (including phenoxy) is 1. The van der Waals surface area contributed by atoms with Gasteiger partial charge in [0, 0.05) is 36.0 Å². The lowest BCUT2D eigenvalue weighted by atomic mass is 9.41. The van der Waals surface area contributed by atoms with E-state index in [4.69, 9.17) is 4.74 Å². The van der Waals surface area contributed by atoms with Crippen LogP contribution in [0.15, 0.2) is 0 Å². The lowest BCUT2D eigenvalue weighted by Crippen LogP contribution is -2.72. The van der Waals surface area contributed by atoms with E-state index in [0.717, 1.165) is 19.3 Å². The monoisotopic (exact) mass is 346 g/mol. The van der Waals surface area contributed by atoms with Gasteiger partial charge in [-0.25, -0.2) is 0 Å². The van der Waals surface area contributed by atoms with E-state index in [1.807, 2.05) is 0 Å². The first-order valence-electron chi connectivity index (χ1n) is 9.71. The molecule has 1 spiro atoms. The molecule has 0 radical (unpaired) electrons. The number of ketones is 3. The van der Waals surface area contributed by atoms with Gasteiger partial charge in [-0.15, -0.1) is 0 Å². The van der Waals surface area contributed by atoms with E-state index < -0.39 is 11.0 Å². The number of rotatable bonds is 0. The number of carbonyl (C=O) groups excluding carboxylic acids is 3. The lowest BCUT2D eigenvalue weighted by Gasteiger charge is -2.64. The highest BCUT2D eigenvalue weighted by molar-refractivity contribution is 5.97. The van der Waals surface area contributed by atoms with Gasteiger partial charge in [0.05, 0.1) is 13.2 Å². The fourth-order valence-corrected chi connectivity index (χ4v) is 7.36. The number of fused-ring (bicyclic) bond motifs is 4. The molecule has 7 unspecified atom stereocenters. The summed E-state index contributed by atoms with van der Waals surface area (Å²) in [6, 6.07) is 0. The molecule has 1 aliphatic heterocycles. The first kappa shape index (κ1) is 16.1. The Hall–Kier alpha value is -1.07. The second-order valence-electron chi connectivity index (χ2n) is 9.50. The summed E-state index contributed by atoms with van der Waals surface area (Å²) in [6.07, 6.45) is 4.02. The second kappa shape index (κ2) is 4.80. The van der Waals surface area contributed by atoms with Crippen molar-refractivity contribution in [3.8, 4) is 0 Å². The normalized spacial score (nSPS) is 54.7. The van der Waals surface area contributed by atoms with Gasteiger partial charge in [0.25, 0.3) is 0 Å². The molecule has 4 saturated carbocycles. The highest BCUT2D eigenvalue weighted by Crippen LogP contribution is 2.66. The molecule has 5 heteroatoms. The van der Waals surface area contributed by atoms with Crippen molar-refractivity contribution in [3.63, 3.8) is 0 Å². The van der Waals surface area contributed by atoms with Crippen LogP contribution in [-0.2, 0) is 19.1 Å². The van der Waals surface area contributed by atoms with Gasteiger partial charge in [0.15, 0.2) is 5.78 Å². The van der Waals surface area contributed by atoms with Crippen LogP contribution in [0.1, 0.15) is 51.9 Å². The molecule has 0 amide bonds. The molecule has 2 bridgehead atoms. The molecule has 7 atom stereocenters. The third kappa shape index (κ3) is 1.74. The Morgan fingerprint density at radius 2 is 1.92 bits per heavy atom. The summed E-state index contributed by atoms with van der Waals surface area (Å²) in [4.78, 5) is 38.0. The zero-order chi connectivity index (χ0) is 17.6. The minimum absolute atomic E-state index is 0.0266. The fourth-order valence-electron chi connectivity index (χ4n) is 7.36. The molecule has 4 aliphatic carbocycles. The smallest absolute Gasteiger partial charge is 0.165 e. The van der Waals surface area contributed by atoms with Gasteiger partial charge in [0.1, 0.15) is 17.2 Å². The van der Waals surface area contributed by atoms with E-state index in [1.54, 1.807) is 0 Å². The zero-order valence-electron chi connectivity index (χ0n) is 14.8. The SMILES string of the molecule is CC12CCC3C(CC(=O)C4(O)CC(=O)C5COCC34C5)C1CCC2=O. The van der Waals surface area contributed by atoms with Gasteiger partial charge in [-0.2, -0.15) is 0 Å². The van der Waals surface area contributed by atoms with Crippen molar-refractivity contribution in [1.29, 1.82) is 0 Å². The Morgan fingerprint density at radius 3 is 2.72 bits per heavy atom. The molecule has 0 aromatic carbocycles. The molecule has 1 heterocycles. The number of hydrogen-bond acceptors (Lipinski definition) is 5. The summed E-state index contributed by atoms with van der Waals surface area (Å²) < 4.78 is 5.79. The molecule has 25 heavy (non-hydrogen) atoms. The van der Waals surface area contributed by atoms with Crippen LogP contribution in [0.5, 0.6) is 0 Å². The summed E-state index contributed by atoms with van der Waals surface area (Å²) in [6.45, 7) is 2.87. The first-order chi connectivity index (χ1) is 11.8. The molecule has 1 saturated heterocycles. The Kier molecular flexibility index (Phi) is 3.10. The van der Waals surface area contributed by atoms with Gasteiger partial charge in [0.2, 0.25) is 0 Å². The molecule has 5 fully saturated rings. The summed E-state index contributed by atoms with van der Waals surface area (Å²) in [5.41, 5.74) is -2.48. The van der Waals surface area contributed by atoms with Crippen molar-refractivity contribution in [2.24, 2.45) is 34.5 Å². The van der Waals surface area contributed by atoms with Crippen LogP contribution >= 0.6 is 0 Å². The van der Waals surface area contributed by atoms with Gasteiger partial charge in [-0.3, -0.25) is 14.4 Å². The summed E-state index contributed by atoms with van der Waals surface area (Å²) in [5, 5.41) is 11.4. The highest BCUT2D eigenvalue weighted by Gasteiger charge is 2.71. The zero-order valence-corrected chi connectivity index (χ0v) is 14.8. The summed E-state index contributed by atoms with van der Waals surface area (Å²) in [5.74, 6) is 0.511. The molecule has 136 valence electrons. The van der Waals surface area contributed by atoms with Crippen LogP contribution in [0, 0.1) is 34.5 Å². The number of carbonyl (C=O) groups is 3. The fraction of sp³-hybridized carbons (Fsp3) is 0.850. The topological polar surface area (TPSA) is 80.7 Å². The van der Waals surface area contributed by atoms with Gasteiger partial charge >= 0.3 is 0 Å². The third-order valence-electron chi connectivity index (χ3n) is 8.74. The Bertz CT molecular complexity index is 686. The standard InChI is InChI=1S/C20H26O5/c1-18-5-4-14-12(13(18)2-3-16(18)22)6-17(23)20(24)8-15(21)11-7-19(14,20)10-25-9-11/h11-14,24H,2-10H2,1H3. The van der Waals surface area contributed by atoms with E-state index in [0.29, 0.717) is 38.3 Å².